The van der Waals surface area contributed by atoms with Gasteiger partial charge < -0.3 is 5.32 Å². The van der Waals surface area contributed by atoms with Gasteiger partial charge in [-0.25, -0.2) is 0 Å². The lowest BCUT2D eigenvalue weighted by Crippen LogP contribution is -2.31. The zero-order valence-electron chi connectivity index (χ0n) is 16.7. The van der Waals surface area contributed by atoms with Gasteiger partial charge in [0.2, 0.25) is 0 Å². The lowest BCUT2D eigenvalue weighted by molar-refractivity contribution is -0.137. The Balaban J connectivity index is 1.71. The number of aryl methyl sites for hydroxylation is 3. The van der Waals surface area contributed by atoms with Crippen molar-refractivity contribution in [2.24, 2.45) is 0 Å². The summed E-state index contributed by atoms with van der Waals surface area (Å²) in [6, 6.07) is 17.7. The summed E-state index contributed by atoms with van der Waals surface area (Å²) in [4.78, 5) is 28.6. The SMILES string of the molecule is Cc1ccc(CN2C(=O)C(Nc3cc(C)cc(C)c3)=C(c3cccs3)C2=O)cc1. The van der Waals surface area contributed by atoms with Crippen LogP contribution < -0.4 is 5.32 Å². The molecule has 2 amide bonds. The molecule has 0 spiro atoms. The van der Waals surface area contributed by atoms with Crippen LogP contribution in [-0.2, 0) is 16.1 Å². The molecule has 0 aliphatic carbocycles. The van der Waals surface area contributed by atoms with E-state index < -0.39 is 0 Å². The van der Waals surface area contributed by atoms with E-state index in [1.54, 1.807) is 0 Å². The maximum Gasteiger partial charge on any atom is 0.278 e. The minimum atomic E-state index is -0.293. The normalized spacial score (nSPS) is 14.1. The highest BCUT2D eigenvalue weighted by molar-refractivity contribution is 7.11. The predicted molar refractivity (Wildman–Crippen MR) is 118 cm³/mol. The summed E-state index contributed by atoms with van der Waals surface area (Å²) in [6.45, 7) is 6.29. The summed E-state index contributed by atoms with van der Waals surface area (Å²) < 4.78 is 0. The molecular weight excluding hydrogens is 380 g/mol. The monoisotopic (exact) mass is 402 g/mol. The quantitative estimate of drug-likeness (QED) is 0.607. The number of nitrogens with one attached hydrogen (secondary N) is 1. The Morgan fingerprint density at radius 3 is 2.17 bits per heavy atom. The van der Waals surface area contributed by atoms with Gasteiger partial charge in [-0.05, 0) is 61.0 Å². The number of amides is 2. The number of imide groups is 1. The van der Waals surface area contributed by atoms with Gasteiger partial charge in [0, 0.05) is 10.6 Å². The smallest absolute Gasteiger partial charge is 0.278 e. The molecule has 1 aromatic heterocycles. The van der Waals surface area contributed by atoms with E-state index in [1.165, 1.54) is 16.2 Å². The van der Waals surface area contributed by atoms with E-state index in [-0.39, 0.29) is 18.4 Å². The standard InChI is InChI=1S/C24H22N2O2S/c1-15-6-8-18(9-7-15)14-26-23(27)21(20-5-4-10-29-20)22(24(26)28)25-19-12-16(2)11-17(3)13-19/h4-13,25H,14H2,1-3H3. The number of hydrogen-bond donors (Lipinski definition) is 1. The number of nitrogens with zero attached hydrogens (tertiary/aromatic N) is 1. The molecule has 1 aliphatic rings. The summed E-state index contributed by atoms with van der Waals surface area (Å²) in [6.07, 6.45) is 0. The molecule has 0 saturated heterocycles. The van der Waals surface area contributed by atoms with E-state index in [0.29, 0.717) is 11.3 Å². The fourth-order valence-corrected chi connectivity index (χ4v) is 4.32. The summed E-state index contributed by atoms with van der Waals surface area (Å²) in [7, 11) is 0. The third kappa shape index (κ3) is 3.87. The first-order valence-corrected chi connectivity index (χ1v) is 10.4. The van der Waals surface area contributed by atoms with Gasteiger partial charge in [0.25, 0.3) is 11.8 Å². The number of benzene rings is 2. The Hall–Kier alpha value is -3.18. The van der Waals surface area contributed by atoms with Gasteiger partial charge in [-0.15, -0.1) is 11.3 Å². The van der Waals surface area contributed by atoms with Gasteiger partial charge in [-0.1, -0.05) is 42.0 Å². The van der Waals surface area contributed by atoms with Crippen LogP contribution in [0, 0.1) is 20.8 Å². The molecule has 2 aromatic carbocycles. The second-order valence-corrected chi connectivity index (χ2v) is 8.36. The van der Waals surface area contributed by atoms with Crippen LogP contribution in [-0.4, -0.2) is 16.7 Å². The maximum absolute atomic E-state index is 13.3. The summed E-state index contributed by atoms with van der Waals surface area (Å²) in [5.41, 5.74) is 5.85. The van der Waals surface area contributed by atoms with E-state index in [1.807, 2.05) is 74.7 Å². The number of anilines is 1. The first kappa shape index (κ1) is 19.2. The zero-order valence-corrected chi connectivity index (χ0v) is 17.5. The van der Waals surface area contributed by atoms with Crippen LogP contribution in [0.2, 0.25) is 0 Å². The Kier molecular flexibility index (Phi) is 5.07. The molecule has 5 heteroatoms. The molecule has 0 unspecified atom stereocenters. The third-order valence-corrected chi connectivity index (χ3v) is 5.78. The Morgan fingerprint density at radius 2 is 1.55 bits per heavy atom. The summed E-state index contributed by atoms with van der Waals surface area (Å²) >= 11 is 1.46. The third-order valence-electron chi connectivity index (χ3n) is 4.89. The zero-order chi connectivity index (χ0) is 20.5. The minimum absolute atomic E-state index is 0.255. The lowest BCUT2D eigenvalue weighted by atomic mass is 10.1. The number of carbonyl (C=O) groups excluding carboxylic acids is 2. The summed E-state index contributed by atoms with van der Waals surface area (Å²) in [5, 5.41) is 5.15. The van der Waals surface area contributed by atoms with Crippen molar-refractivity contribution in [3.63, 3.8) is 0 Å². The molecule has 3 aromatic rings. The molecule has 0 saturated carbocycles. The number of carbonyl (C=O) groups is 2. The average Bonchev–Trinajstić information content (AvgIpc) is 3.26. The minimum Gasteiger partial charge on any atom is -0.350 e. The molecule has 29 heavy (non-hydrogen) atoms. The number of thiophene rings is 1. The van der Waals surface area contributed by atoms with E-state index in [9.17, 15) is 9.59 Å². The Bertz CT molecular complexity index is 1090. The van der Waals surface area contributed by atoms with Gasteiger partial charge in [0.1, 0.15) is 5.70 Å². The maximum atomic E-state index is 13.3. The largest absolute Gasteiger partial charge is 0.350 e. The second kappa shape index (κ2) is 7.68. The number of hydrogen-bond acceptors (Lipinski definition) is 4. The van der Waals surface area contributed by atoms with Crippen LogP contribution in [0.4, 0.5) is 5.69 Å². The average molecular weight is 403 g/mol. The highest BCUT2D eigenvalue weighted by atomic mass is 32.1. The fourth-order valence-electron chi connectivity index (χ4n) is 3.55. The van der Waals surface area contributed by atoms with Crippen molar-refractivity contribution in [3.8, 4) is 0 Å². The molecule has 0 bridgehead atoms. The van der Waals surface area contributed by atoms with Gasteiger partial charge in [-0.2, -0.15) is 0 Å². The van der Waals surface area contributed by atoms with E-state index >= 15 is 0 Å². The molecule has 0 radical (unpaired) electrons. The molecule has 1 aliphatic heterocycles. The van der Waals surface area contributed by atoms with Crippen LogP contribution >= 0.6 is 11.3 Å². The highest BCUT2D eigenvalue weighted by Crippen LogP contribution is 2.34. The lowest BCUT2D eigenvalue weighted by Gasteiger charge is -2.16. The summed E-state index contributed by atoms with van der Waals surface area (Å²) in [5.74, 6) is -0.553. The van der Waals surface area contributed by atoms with Crippen molar-refractivity contribution < 1.29 is 9.59 Å². The highest BCUT2D eigenvalue weighted by Gasteiger charge is 2.39. The molecule has 0 fully saturated rings. The second-order valence-electron chi connectivity index (χ2n) is 7.41. The van der Waals surface area contributed by atoms with Crippen molar-refractivity contribution in [2.45, 2.75) is 27.3 Å². The van der Waals surface area contributed by atoms with Crippen molar-refractivity contribution in [1.82, 2.24) is 4.90 Å². The van der Waals surface area contributed by atoms with Crippen molar-refractivity contribution in [3.05, 3.63) is 92.8 Å². The van der Waals surface area contributed by atoms with E-state index in [2.05, 4.69) is 11.4 Å². The topological polar surface area (TPSA) is 49.4 Å². The molecule has 2 heterocycles. The predicted octanol–water partition coefficient (Wildman–Crippen LogP) is 5.07. The van der Waals surface area contributed by atoms with Gasteiger partial charge >= 0.3 is 0 Å². The van der Waals surface area contributed by atoms with Crippen molar-refractivity contribution in [1.29, 1.82) is 0 Å². The van der Waals surface area contributed by atoms with Crippen LogP contribution in [0.25, 0.3) is 5.57 Å². The molecule has 4 nitrogen and oxygen atoms in total. The van der Waals surface area contributed by atoms with Gasteiger partial charge in [0.15, 0.2) is 0 Å². The fraction of sp³-hybridized carbons (Fsp3) is 0.167. The Morgan fingerprint density at radius 1 is 0.862 bits per heavy atom. The van der Waals surface area contributed by atoms with Gasteiger partial charge in [0.05, 0.1) is 12.1 Å². The van der Waals surface area contributed by atoms with Crippen LogP contribution in [0.15, 0.2) is 65.7 Å². The molecular formula is C24H22N2O2S. The molecule has 146 valence electrons. The number of rotatable bonds is 5. The van der Waals surface area contributed by atoms with Crippen LogP contribution in [0.5, 0.6) is 0 Å². The molecule has 1 N–H and O–H groups in total. The van der Waals surface area contributed by atoms with E-state index in [0.717, 1.165) is 32.8 Å². The van der Waals surface area contributed by atoms with E-state index in [4.69, 9.17) is 0 Å². The Labute approximate surface area is 174 Å². The van der Waals surface area contributed by atoms with Crippen molar-refractivity contribution >= 4 is 34.4 Å². The van der Waals surface area contributed by atoms with Gasteiger partial charge in [-0.3, -0.25) is 14.5 Å². The first-order valence-electron chi connectivity index (χ1n) is 9.47. The first-order chi connectivity index (χ1) is 13.9. The van der Waals surface area contributed by atoms with Crippen LogP contribution in [0.3, 0.4) is 0 Å². The molecule has 4 rings (SSSR count). The molecule has 0 atom stereocenters. The van der Waals surface area contributed by atoms with Crippen LogP contribution in [0.1, 0.15) is 27.1 Å². The van der Waals surface area contributed by atoms with Crippen molar-refractivity contribution in [2.75, 3.05) is 5.32 Å².